The molecule has 108 valence electrons. The molecule has 8 heteroatoms. The maximum absolute atomic E-state index is 12.2. The number of para-hydroxylation sites is 2. The van der Waals surface area contributed by atoms with E-state index in [9.17, 15) is 22.8 Å². The maximum atomic E-state index is 12.2. The van der Waals surface area contributed by atoms with Gasteiger partial charge in [-0.05, 0) is 18.6 Å². The van der Waals surface area contributed by atoms with E-state index in [-0.39, 0.29) is 12.1 Å². The van der Waals surface area contributed by atoms with Crippen molar-refractivity contribution in [2.75, 3.05) is 5.32 Å². The molecule has 0 aliphatic heterocycles. The van der Waals surface area contributed by atoms with Gasteiger partial charge in [-0.25, -0.2) is 0 Å². The van der Waals surface area contributed by atoms with E-state index in [0.717, 1.165) is 6.07 Å². The Labute approximate surface area is 111 Å². The van der Waals surface area contributed by atoms with Crippen molar-refractivity contribution >= 4 is 17.6 Å². The van der Waals surface area contributed by atoms with Crippen LogP contribution >= 0.6 is 0 Å². The Balaban J connectivity index is 2.06. The van der Waals surface area contributed by atoms with Gasteiger partial charge < -0.3 is 15.2 Å². The molecule has 1 aromatic rings. The first kappa shape index (κ1) is 14.2. The first-order valence-electron chi connectivity index (χ1n) is 5.66. The molecule has 2 atom stereocenters. The highest BCUT2D eigenvalue weighted by Crippen LogP contribution is 2.40. The highest BCUT2D eigenvalue weighted by Gasteiger charge is 2.48. The third kappa shape index (κ3) is 3.40. The van der Waals surface area contributed by atoms with Crippen LogP contribution in [0.3, 0.4) is 0 Å². The molecule has 2 rings (SSSR count). The summed E-state index contributed by atoms with van der Waals surface area (Å²) in [5.41, 5.74) is -0.147. The number of ether oxygens (including phenoxy) is 1. The summed E-state index contributed by atoms with van der Waals surface area (Å²) >= 11 is 0. The molecular weight excluding hydrogens is 279 g/mol. The quantitative estimate of drug-likeness (QED) is 0.891. The molecule has 2 N–H and O–H groups in total. The average Bonchev–Trinajstić information content (AvgIpc) is 3.09. The number of hydrogen-bond acceptors (Lipinski definition) is 3. The number of anilines is 1. The summed E-state index contributed by atoms with van der Waals surface area (Å²) in [4.78, 5) is 22.3. The number of carboxylic acid groups (broad SMARTS) is 1. The summed E-state index contributed by atoms with van der Waals surface area (Å²) in [5.74, 6) is -3.75. The van der Waals surface area contributed by atoms with Crippen molar-refractivity contribution in [1.82, 2.24) is 0 Å². The topological polar surface area (TPSA) is 75.6 Å². The lowest BCUT2D eigenvalue weighted by Crippen LogP contribution is -2.21. The Morgan fingerprint density at radius 2 is 1.90 bits per heavy atom. The summed E-state index contributed by atoms with van der Waals surface area (Å²) in [5, 5.41) is 10.9. The molecule has 1 fully saturated rings. The molecule has 0 unspecified atom stereocenters. The van der Waals surface area contributed by atoms with E-state index < -0.39 is 35.8 Å². The number of carbonyl (C=O) groups excluding carboxylic acids is 1. The van der Waals surface area contributed by atoms with Crippen LogP contribution in [0.4, 0.5) is 18.9 Å². The summed E-state index contributed by atoms with van der Waals surface area (Å²) in [7, 11) is 0. The van der Waals surface area contributed by atoms with E-state index >= 15 is 0 Å². The van der Waals surface area contributed by atoms with Crippen LogP contribution < -0.4 is 10.1 Å². The number of rotatable bonds is 4. The zero-order chi connectivity index (χ0) is 14.9. The summed E-state index contributed by atoms with van der Waals surface area (Å²) in [6.45, 7) is 0. The molecule has 1 aromatic carbocycles. The lowest BCUT2D eigenvalue weighted by atomic mass is 10.2. The number of benzene rings is 1. The number of nitrogens with one attached hydrogen (secondary N) is 1. The summed E-state index contributed by atoms with van der Waals surface area (Å²) < 4.78 is 40.3. The molecule has 20 heavy (non-hydrogen) atoms. The molecule has 0 aromatic heterocycles. The fourth-order valence-electron chi connectivity index (χ4n) is 1.77. The second-order valence-electron chi connectivity index (χ2n) is 4.32. The van der Waals surface area contributed by atoms with E-state index in [4.69, 9.17) is 5.11 Å². The van der Waals surface area contributed by atoms with Gasteiger partial charge in [-0.15, -0.1) is 13.2 Å². The van der Waals surface area contributed by atoms with Gasteiger partial charge in [-0.3, -0.25) is 9.59 Å². The van der Waals surface area contributed by atoms with Crippen LogP contribution in [-0.2, 0) is 9.59 Å². The standard InChI is InChI=1S/C12H10F3NO4/c13-12(14,15)20-9-4-2-1-3-8(9)16-10(17)6-5-7(6)11(18)19/h1-4,6-7H,5H2,(H,16,17)(H,18,19)/t6-,7+/m1/s1. The van der Waals surface area contributed by atoms with E-state index in [1.165, 1.54) is 18.2 Å². The van der Waals surface area contributed by atoms with Gasteiger partial charge in [0.1, 0.15) is 0 Å². The molecule has 1 saturated carbocycles. The van der Waals surface area contributed by atoms with Gasteiger partial charge in [0, 0.05) is 0 Å². The minimum atomic E-state index is -4.87. The number of carbonyl (C=O) groups is 2. The molecule has 1 amide bonds. The number of alkyl halides is 3. The van der Waals surface area contributed by atoms with Crippen molar-refractivity contribution in [2.45, 2.75) is 12.8 Å². The second-order valence-corrected chi connectivity index (χ2v) is 4.32. The van der Waals surface area contributed by atoms with Crippen molar-refractivity contribution in [3.63, 3.8) is 0 Å². The Morgan fingerprint density at radius 1 is 1.25 bits per heavy atom. The Morgan fingerprint density at radius 3 is 2.45 bits per heavy atom. The van der Waals surface area contributed by atoms with E-state index in [1.807, 2.05) is 0 Å². The second kappa shape index (κ2) is 5.03. The Hall–Kier alpha value is -2.25. The van der Waals surface area contributed by atoms with Gasteiger partial charge in [0.25, 0.3) is 0 Å². The highest BCUT2D eigenvalue weighted by atomic mass is 19.4. The van der Waals surface area contributed by atoms with Crippen LogP contribution in [0.1, 0.15) is 6.42 Å². The lowest BCUT2D eigenvalue weighted by Gasteiger charge is -2.13. The molecule has 0 bridgehead atoms. The predicted octanol–water partition coefficient (Wildman–Crippen LogP) is 2.24. The third-order valence-corrected chi connectivity index (χ3v) is 2.82. The van der Waals surface area contributed by atoms with Gasteiger partial charge in [-0.1, -0.05) is 12.1 Å². The molecule has 0 radical (unpaired) electrons. The minimum Gasteiger partial charge on any atom is -0.481 e. The zero-order valence-corrected chi connectivity index (χ0v) is 9.98. The van der Waals surface area contributed by atoms with Gasteiger partial charge >= 0.3 is 12.3 Å². The first-order chi connectivity index (χ1) is 9.28. The molecule has 0 saturated heterocycles. The van der Waals surface area contributed by atoms with Crippen molar-refractivity contribution < 1.29 is 32.6 Å². The number of hydrogen-bond donors (Lipinski definition) is 2. The molecule has 1 aliphatic rings. The van der Waals surface area contributed by atoms with Crippen molar-refractivity contribution in [2.24, 2.45) is 11.8 Å². The van der Waals surface area contributed by atoms with Crippen LogP contribution in [0.2, 0.25) is 0 Å². The number of carboxylic acids is 1. The van der Waals surface area contributed by atoms with Crippen molar-refractivity contribution in [1.29, 1.82) is 0 Å². The van der Waals surface area contributed by atoms with E-state index in [1.54, 1.807) is 0 Å². The van der Waals surface area contributed by atoms with Crippen molar-refractivity contribution in [3.05, 3.63) is 24.3 Å². The molecule has 1 aliphatic carbocycles. The number of amides is 1. The molecular formula is C12H10F3NO4. The van der Waals surface area contributed by atoms with Crippen LogP contribution in [0.25, 0.3) is 0 Å². The van der Waals surface area contributed by atoms with E-state index in [2.05, 4.69) is 10.1 Å². The lowest BCUT2D eigenvalue weighted by molar-refractivity contribution is -0.274. The largest absolute Gasteiger partial charge is 0.573 e. The zero-order valence-electron chi connectivity index (χ0n) is 9.98. The van der Waals surface area contributed by atoms with Crippen LogP contribution in [-0.4, -0.2) is 23.3 Å². The number of halogens is 3. The van der Waals surface area contributed by atoms with Crippen LogP contribution in [0.15, 0.2) is 24.3 Å². The average molecular weight is 289 g/mol. The Kier molecular flexibility index (Phi) is 3.56. The first-order valence-corrected chi connectivity index (χ1v) is 5.66. The minimum absolute atomic E-state index is 0.147. The maximum Gasteiger partial charge on any atom is 0.573 e. The monoisotopic (exact) mass is 289 g/mol. The molecule has 0 spiro atoms. The fourth-order valence-corrected chi connectivity index (χ4v) is 1.77. The van der Waals surface area contributed by atoms with Gasteiger partial charge in [0.05, 0.1) is 17.5 Å². The van der Waals surface area contributed by atoms with Crippen LogP contribution in [0, 0.1) is 11.8 Å². The predicted molar refractivity (Wildman–Crippen MR) is 61.0 cm³/mol. The Bertz CT molecular complexity index is 544. The molecule has 0 heterocycles. The van der Waals surface area contributed by atoms with Crippen LogP contribution in [0.5, 0.6) is 5.75 Å². The third-order valence-electron chi connectivity index (χ3n) is 2.82. The fraction of sp³-hybridized carbons (Fsp3) is 0.333. The van der Waals surface area contributed by atoms with Gasteiger partial charge in [-0.2, -0.15) is 0 Å². The summed E-state index contributed by atoms with van der Waals surface area (Å²) in [6, 6.07) is 5.07. The normalized spacial score (nSPS) is 21.1. The SMILES string of the molecule is O=C(O)[C@H]1C[C@H]1C(=O)Nc1ccccc1OC(F)(F)F. The molecule has 5 nitrogen and oxygen atoms in total. The van der Waals surface area contributed by atoms with Crippen molar-refractivity contribution in [3.8, 4) is 5.75 Å². The smallest absolute Gasteiger partial charge is 0.481 e. The summed E-state index contributed by atoms with van der Waals surface area (Å²) in [6.07, 6.45) is -4.69. The van der Waals surface area contributed by atoms with Gasteiger partial charge in [0.2, 0.25) is 5.91 Å². The highest BCUT2D eigenvalue weighted by molar-refractivity contribution is 5.99. The van der Waals surface area contributed by atoms with Gasteiger partial charge in [0.15, 0.2) is 5.75 Å². The van der Waals surface area contributed by atoms with E-state index in [0.29, 0.717) is 0 Å². The number of aliphatic carboxylic acids is 1.